The van der Waals surface area contributed by atoms with Gasteiger partial charge in [0.1, 0.15) is 5.75 Å². The van der Waals surface area contributed by atoms with Gasteiger partial charge in [0.15, 0.2) is 0 Å². The Bertz CT molecular complexity index is 374. The maximum atomic E-state index is 11.9. The van der Waals surface area contributed by atoms with E-state index in [1.807, 2.05) is 0 Å². The molecular formula is C12H12BrF3O. The van der Waals surface area contributed by atoms with Crippen molar-refractivity contribution >= 4 is 15.9 Å². The smallest absolute Gasteiger partial charge is 0.406 e. The monoisotopic (exact) mass is 308 g/mol. The molecule has 0 amide bonds. The Kier molecular flexibility index (Phi) is 3.66. The van der Waals surface area contributed by atoms with Gasteiger partial charge in [-0.05, 0) is 42.4 Å². The Labute approximate surface area is 106 Å². The SMILES string of the molecule is FC(F)(F)Oc1ccc(C2C[C@H]2CCBr)cc1. The van der Waals surface area contributed by atoms with E-state index in [0.717, 1.165) is 23.7 Å². The predicted octanol–water partition coefficient (Wildman–Crippen LogP) is 4.47. The zero-order valence-corrected chi connectivity index (χ0v) is 10.6. The molecule has 1 fully saturated rings. The fraction of sp³-hybridized carbons (Fsp3) is 0.500. The Morgan fingerprint density at radius 2 is 1.88 bits per heavy atom. The third kappa shape index (κ3) is 3.63. The molecular weight excluding hydrogens is 297 g/mol. The molecule has 1 aliphatic carbocycles. The van der Waals surface area contributed by atoms with Crippen LogP contribution < -0.4 is 4.74 Å². The Morgan fingerprint density at radius 3 is 2.41 bits per heavy atom. The molecule has 0 aliphatic heterocycles. The zero-order chi connectivity index (χ0) is 12.5. The van der Waals surface area contributed by atoms with Crippen LogP contribution >= 0.6 is 15.9 Å². The van der Waals surface area contributed by atoms with Crippen LogP contribution in [0.3, 0.4) is 0 Å². The fourth-order valence-corrected chi connectivity index (χ4v) is 2.62. The van der Waals surface area contributed by atoms with E-state index in [2.05, 4.69) is 20.7 Å². The van der Waals surface area contributed by atoms with E-state index in [9.17, 15) is 13.2 Å². The van der Waals surface area contributed by atoms with E-state index in [1.165, 1.54) is 12.1 Å². The summed E-state index contributed by atoms with van der Waals surface area (Å²) in [7, 11) is 0. The maximum absolute atomic E-state index is 11.9. The molecule has 2 rings (SSSR count). The molecule has 94 valence electrons. The van der Waals surface area contributed by atoms with E-state index in [0.29, 0.717) is 11.8 Å². The highest BCUT2D eigenvalue weighted by molar-refractivity contribution is 9.09. The van der Waals surface area contributed by atoms with Gasteiger partial charge in [0, 0.05) is 5.33 Å². The van der Waals surface area contributed by atoms with Crippen LogP contribution in [0.1, 0.15) is 24.3 Å². The van der Waals surface area contributed by atoms with Crippen LogP contribution in [0.4, 0.5) is 13.2 Å². The molecule has 2 atom stereocenters. The molecule has 1 aromatic carbocycles. The van der Waals surface area contributed by atoms with Crippen molar-refractivity contribution in [2.75, 3.05) is 5.33 Å². The Balaban J connectivity index is 1.95. The number of rotatable bonds is 4. The van der Waals surface area contributed by atoms with Crippen LogP contribution in [0.2, 0.25) is 0 Å². The number of halogens is 4. The van der Waals surface area contributed by atoms with Crippen LogP contribution in [0.5, 0.6) is 5.75 Å². The van der Waals surface area contributed by atoms with Gasteiger partial charge >= 0.3 is 6.36 Å². The largest absolute Gasteiger partial charge is 0.573 e. The van der Waals surface area contributed by atoms with Gasteiger partial charge < -0.3 is 4.74 Å². The first-order valence-electron chi connectivity index (χ1n) is 5.41. The van der Waals surface area contributed by atoms with E-state index in [-0.39, 0.29) is 5.75 Å². The van der Waals surface area contributed by atoms with Crippen molar-refractivity contribution in [1.82, 2.24) is 0 Å². The molecule has 0 radical (unpaired) electrons. The molecule has 1 aliphatic rings. The lowest BCUT2D eigenvalue weighted by Crippen LogP contribution is -2.16. The molecule has 1 saturated carbocycles. The van der Waals surface area contributed by atoms with E-state index in [1.54, 1.807) is 12.1 Å². The second-order valence-corrected chi connectivity index (χ2v) is 4.99. The first kappa shape index (κ1) is 12.7. The van der Waals surface area contributed by atoms with Crippen LogP contribution in [-0.2, 0) is 0 Å². The quantitative estimate of drug-likeness (QED) is 0.746. The minimum Gasteiger partial charge on any atom is -0.406 e. The maximum Gasteiger partial charge on any atom is 0.573 e. The van der Waals surface area contributed by atoms with Gasteiger partial charge in [-0.1, -0.05) is 28.1 Å². The van der Waals surface area contributed by atoms with Gasteiger partial charge in [-0.3, -0.25) is 0 Å². The number of benzene rings is 1. The minimum atomic E-state index is -4.61. The number of hydrogen-bond acceptors (Lipinski definition) is 1. The van der Waals surface area contributed by atoms with Crippen molar-refractivity contribution in [2.45, 2.75) is 25.1 Å². The van der Waals surface area contributed by atoms with Gasteiger partial charge in [0.25, 0.3) is 0 Å². The first-order chi connectivity index (χ1) is 7.99. The predicted molar refractivity (Wildman–Crippen MR) is 62.4 cm³/mol. The highest BCUT2D eigenvalue weighted by Gasteiger charge is 2.37. The molecule has 1 aromatic rings. The third-order valence-corrected chi connectivity index (χ3v) is 3.40. The summed E-state index contributed by atoms with van der Waals surface area (Å²) in [5.41, 5.74) is 1.10. The average molecular weight is 309 g/mol. The number of ether oxygens (including phenoxy) is 1. The third-order valence-electron chi connectivity index (χ3n) is 2.94. The van der Waals surface area contributed by atoms with E-state index >= 15 is 0 Å². The lowest BCUT2D eigenvalue weighted by atomic mass is 10.1. The van der Waals surface area contributed by atoms with Crippen LogP contribution in [0, 0.1) is 5.92 Å². The Morgan fingerprint density at radius 1 is 1.24 bits per heavy atom. The molecule has 0 spiro atoms. The van der Waals surface area contributed by atoms with E-state index < -0.39 is 6.36 Å². The summed E-state index contributed by atoms with van der Waals surface area (Å²) in [5.74, 6) is 1.02. The molecule has 0 heterocycles. The molecule has 1 unspecified atom stereocenters. The summed E-state index contributed by atoms with van der Waals surface area (Å²) in [6, 6.07) is 6.21. The standard InChI is InChI=1S/C12H12BrF3O/c13-6-5-9-7-11(9)8-1-3-10(4-2-8)17-12(14,15)16/h1-4,9,11H,5-7H2/t9-,11?/m1/s1. The minimum absolute atomic E-state index is 0.154. The van der Waals surface area contributed by atoms with Crippen molar-refractivity contribution in [3.05, 3.63) is 29.8 Å². The summed E-state index contributed by atoms with van der Waals surface area (Å²) in [5, 5.41) is 0.976. The van der Waals surface area contributed by atoms with Crippen LogP contribution in [0.25, 0.3) is 0 Å². The van der Waals surface area contributed by atoms with Crippen LogP contribution in [0.15, 0.2) is 24.3 Å². The molecule has 0 saturated heterocycles. The molecule has 0 N–H and O–H groups in total. The highest BCUT2D eigenvalue weighted by Crippen LogP contribution is 2.49. The van der Waals surface area contributed by atoms with Crippen molar-refractivity contribution in [1.29, 1.82) is 0 Å². The normalized spacial score (nSPS) is 23.5. The summed E-state index contributed by atoms with van der Waals surface area (Å²) >= 11 is 3.39. The molecule has 17 heavy (non-hydrogen) atoms. The average Bonchev–Trinajstić information content (AvgIpc) is 2.96. The summed E-state index contributed by atoms with van der Waals surface area (Å²) in [4.78, 5) is 0. The molecule has 0 bridgehead atoms. The second kappa shape index (κ2) is 4.88. The second-order valence-electron chi connectivity index (χ2n) is 4.20. The van der Waals surface area contributed by atoms with E-state index in [4.69, 9.17) is 0 Å². The van der Waals surface area contributed by atoms with Gasteiger partial charge in [-0.2, -0.15) is 0 Å². The lowest BCUT2D eigenvalue weighted by Gasteiger charge is -2.09. The summed E-state index contributed by atoms with van der Waals surface area (Å²) in [6.45, 7) is 0. The fourth-order valence-electron chi connectivity index (χ4n) is 2.03. The number of hydrogen-bond donors (Lipinski definition) is 0. The van der Waals surface area contributed by atoms with Crippen molar-refractivity contribution in [2.24, 2.45) is 5.92 Å². The van der Waals surface area contributed by atoms with Gasteiger partial charge in [-0.25, -0.2) is 0 Å². The topological polar surface area (TPSA) is 9.23 Å². The molecule has 1 nitrogen and oxygen atoms in total. The van der Waals surface area contributed by atoms with Crippen molar-refractivity contribution in [3.63, 3.8) is 0 Å². The van der Waals surface area contributed by atoms with Gasteiger partial charge in [-0.15, -0.1) is 13.2 Å². The van der Waals surface area contributed by atoms with Crippen LogP contribution in [-0.4, -0.2) is 11.7 Å². The summed E-state index contributed by atoms with van der Waals surface area (Å²) in [6.07, 6.45) is -2.36. The van der Waals surface area contributed by atoms with Crippen molar-refractivity contribution < 1.29 is 17.9 Å². The summed E-state index contributed by atoms with van der Waals surface area (Å²) < 4.78 is 39.7. The zero-order valence-electron chi connectivity index (χ0n) is 9.01. The Hall–Kier alpha value is -0.710. The van der Waals surface area contributed by atoms with Gasteiger partial charge in [0.2, 0.25) is 0 Å². The molecule has 5 heteroatoms. The molecule has 0 aromatic heterocycles. The lowest BCUT2D eigenvalue weighted by molar-refractivity contribution is -0.274. The highest BCUT2D eigenvalue weighted by atomic mass is 79.9. The van der Waals surface area contributed by atoms with Crippen molar-refractivity contribution in [3.8, 4) is 5.75 Å². The van der Waals surface area contributed by atoms with Gasteiger partial charge in [0.05, 0.1) is 0 Å². The first-order valence-corrected chi connectivity index (χ1v) is 6.53. The number of alkyl halides is 4.